The largest absolute Gasteiger partial charge is 0.344 e. The van der Waals surface area contributed by atoms with E-state index in [0.717, 1.165) is 5.56 Å². The Balaban J connectivity index is 1.84. The first-order valence-electron chi connectivity index (χ1n) is 5.34. The van der Waals surface area contributed by atoms with Crippen molar-refractivity contribution in [2.24, 2.45) is 0 Å². The first-order valence-corrected chi connectivity index (χ1v) is 5.72. The molecule has 2 amide bonds. The van der Waals surface area contributed by atoms with Crippen LogP contribution in [0.25, 0.3) is 0 Å². The Labute approximate surface area is 113 Å². The van der Waals surface area contributed by atoms with Crippen molar-refractivity contribution in [1.29, 1.82) is 0 Å². The molecular formula is C11H10ClN5O2. The highest BCUT2D eigenvalue weighted by atomic mass is 35.5. The van der Waals surface area contributed by atoms with Crippen LogP contribution in [0.15, 0.2) is 30.6 Å². The Bertz CT molecular complexity index is 567. The molecule has 0 saturated carbocycles. The number of nitrogens with one attached hydrogen (secondary N) is 3. The van der Waals surface area contributed by atoms with Gasteiger partial charge in [-0.2, -0.15) is 10.1 Å². The van der Waals surface area contributed by atoms with Crippen LogP contribution in [0.1, 0.15) is 5.56 Å². The Morgan fingerprint density at radius 1 is 1.21 bits per heavy atom. The van der Waals surface area contributed by atoms with Crippen LogP contribution in [0.3, 0.4) is 0 Å². The van der Waals surface area contributed by atoms with E-state index in [1.54, 1.807) is 24.3 Å². The molecule has 1 aromatic carbocycles. The molecule has 0 radical (unpaired) electrons. The fourth-order valence-electron chi connectivity index (χ4n) is 1.29. The number of anilines is 1. The Hall–Kier alpha value is -2.41. The zero-order chi connectivity index (χ0) is 13.7. The van der Waals surface area contributed by atoms with Gasteiger partial charge in [0.2, 0.25) is 5.95 Å². The summed E-state index contributed by atoms with van der Waals surface area (Å²) in [5, 5.41) is 11.3. The molecule has 1 aromatic heterocycles. The molecule has 0 aliphatic rings. The average Bonchev–Trinajstić information content (AvgIpc) is 2.90. The van der Waals surface area contributed by atoms with Gasteiger partial charge in [0.15, 0.2) is 0 Å². The third kappa shape index (κ3) is 3.78. The summed E-state index contributed by atoms with van der Waals surface area (Å²) >= 11 is 5.74. The summed E-state index contributed by atoms with van der Waals surface area (Å²) in [7, 11) is 0. The number of aromatic amines is 1. The highest BCUT2D eigenvalue weighted by molar-refractivity contribution is 6.39. The van der Waals surface area contributed by atoms with E-state index in [2.05, 4.69) is 25.8 Å². The summed E-state index contributed by atoms with van der Waals surface area (Å²) in [5.74, 6) is -1.45. The zero-order valence-electron chi connectivity index (χ0n) is 9.68. The van der Waals surface area contributed by atoms with Crippen molar-refractivity contribution in [2.45, 2.75) is 6.54 Å². The van der Waals surface area contributed by atoms with Gasteiger partial charge in [-0.3, -0.25) is 14.9 Å². The number of rotatable bonds is 3. The zero-order valence-corrected chi connectivity index (χ0v) is 10.4. The molecule has 0 atom stereocenters. The lowest BCUT2D eigenvalue weighted by molar-refractivity contribution is -0.136. The first-order chi connectivity index (χ1) is 9.15. The predicted octanol–water partition coefficient (Wildman–Crippen LogP) is 0.713. The molecule has 0 aliphatic heterocycles. The van der Waals surface area contributed by atoms with Crippen LogP contribution in [0, 0.1) is 0 Å². The summed E-state index contributed by atoms with van der Waals surface area (Å²) in [5.41, 5.74) is 0.838. The van der Waals surface area contributed by atoms with E-state index in [0.29, 0.717) is 5.02 Å². The molecule has 0 unspecified atom stereocenters. The standard InChI is InChI=1S/C11H10ClN5O2/c12-8-3-1-7(2-4-8)5-13-9(18)10(19)16-11-14-6-15-17-11/h1-4,6H,5H2,(H,13,18)(H2,14,15,16,17,19). The second-order valence-corrected chi connectivity index (χ2v) is 4.03. The molecule has 19 heavy (non-hydrogen) atoms. The van der Waals surface area contributed by atoms with Crippen LogP contribution in [0.5, 0.6) is 0 Å². The van der Waals surface area contributed by atoms with Crippen LogP contribution in [-0.4, -0.2) is 27.0 Å². The summed E-state index contributed by atoms with van der Waals surface area (Å²) in [6.45, 7) is 0.236. The van der Waals surface area contributed by atoms with E-state index in [9.17, 15) is 9.59 Å². The molecule has 8 heteroatoms. The number of aromatic nitrogens is 3. The monoisotopic (exact) mass is 279 g/mol. The quantitative estimate of drug-likeness (QED) is 0.721. The van der Waals surface area contributed by atoms with Gasteiger partial charge in [-0.15, -0.1) is 0 Å². The van der Waals surface area contributed by atoms with Gasteiger partial charge in [0.1, 0.15) is 6.33 Å². The number of hydrogen-bond acceptors (Lipinski definition) is 4. The smallest absolute Gasteiger partial charge is 0.316 e. The van der Waals surface area contributed by atoms with Gasteiger partial charge in [-0.05, 0) is 17.7 Å². The van der Waals surface area contributed by atoms with Crippen molar-refractivity contribution in [3.8, 4) is 0 Å². The van der Waals surface area contributed by atoms with Gasteiger partial charge < -0.3 is 5.32 Å². The molecule has 0 fully saturated rings. The molecule has 98 valence electrons. The number of hydrogen-bond donors (Lipinski definition) is 3. The number of nitrogens with zero attached hydrogens (tertiary/aromatic N) is 2. The van der Waals surface area contributed by atoms with Gasteiger partial charge in [-0.1, -0.05) is 23.7 Å². The fourth-order valence-corrected chi connectivity index (χ4v) is 1.42. The van der Waals surface area contributed by atoms with E-state index >= 15 is 0 Å². The Kier molecular flexibility index (Phi) is 4.09. The first kappa shape index (κ1) is 13.0. The number of amides is 2. The van der Waals surface area contributed by atoms with Crippen LogP contribution < -0.4 is 10.6 Å². The molecule has 0 aliphatic carbocycles. The summed E-state index contributed by atoms with van der Waals surface area (Å²) in [6, 6.07) is 6.93. The minimum atomic E-state index is -0.814. The summed E-state index contributed by atoms with van der Waals surface area (Å²) in [6.07, 6.45) is 1.22. The molecule has 3 N–H and O–H groups in total. The number of carbonyl (C=O) groups is 2. The topological polar surface area (TPSA) is 99.8 Å². The van der Waals surface area contributed by atoms with Gasteiger partial charge in [-0.25, -0.2) is 5.10 Å². The van der Waals surface area contributed by atoms with Crippen molar-refractivity contribution < 1.29 is 9.59 Å². The van der Waals surface area contributed by atoms with Crippen LogP contribution in [0.2, 0.25) is 5.02 Å². The van der Waals surface area contributed by atoms with E-state index in [1.165, 1.54) is 6.33 Å². The fraction of sp³-hybridized carbons (Fsp3) is 0.0909. The van der Waals surface area contributed by atoms with Crippen molar-refractivity contribution in [2.75, 3.05) is 5.32 Å². The molecule has 0 bridgehead atoms. The van der Waals surface area contributed by atoms with Crippen molar-refractivity contribution >= 4 is 29.4 Å². The van der Waals surface area contributed by atoms with E-state index in [-0.39, 0.29) is 12.5 Å². The molecule has 2 aromatic rings. The van der Waals surface area contributed by atoms with E-state index < -0.39 is 11.8 Å². The van der Waals surface area contributed by atoms with Crippen LogP contribution in [-0.2, 0) is 16.1 Å². The van der Waals surface area contributed by atoms with Crippen LogP contribution >= 0.6 is 11.6 Å². The molecule has 0 spiro atoms. The second kappa shape index (κ2) is 5.96. The molecule has 7 nitrogen and oxygen atoms in total. The number of halogens is 1. The average molecular weight is 280 g/mol. The van der Waals surface area contributed by atoms with Crippen molar-refractivity contribution in [1.82, 2.24) is 20.5 Å². The summed E-state index contributed by atoms with van der Waals surface area (Å²) in [4.78, 5) is 26.6. The Morgan fingerprint density at radius 2 is 1.95 bits per heavy atom. The molecule has 2 rings (SSSR count). The normalized spacial score (nSPS) is 9.95. The highest BCUT2D eigenvalue weighted by Crippen LogP contribution is 2.09. The van der Waals surface area contributed by atoms with Gasteiger partial charge in [0.25, 0.3) is 0 Å². The highest BCUT2D eigenvalue weighted by Gasteiger charge is 2.14. The van der Waals surface area contributed by atoms with Gasteiger partial charge >= 0.3 is 11.8 Å². The maximum Gasteiger partial charge on any atom is 0.316 e. The summed E-state index contributed by atoms with van der Waals surface area (Å²) < 4.78 is 0. The minimum Gasteiger partial charge on any atom is -0.344 e. The lowest BCUT2D eigenvalue weighted by Crippen LogP contribution is -2.35. The second-order valence-electron chi connectivity index (χ2n) is 3.60. The van der Waals surface area contributed by atoms with E-state index in [1.807, 2.05) is 0 Å². The lowest BCUT2D eigenvalue weighted by Gasteiger charge is -2.04. The minimum absolute atomic E-state index is 0.117. The maximum atomic E-state index is 11.5. The van der Waals surface area contributed by atoms with Crippen molar-refractivity contribution in [3.05, 3.63) is 41.2 Å². The SMILES string of the molecule is O=C(NCc1ccc(Cl)cc1)C(=O)Nc1ncn[nH]1. The molecule has 1 heterocycles. The third-order valence-corrected chi connectivity index (χ3v) is 2.47. The predicted molar refractivity (Wildman–Crippen MR) is 68.3 cm³/mol. The molecular weight excluding hydrogens is 270 g/mol. The molecule has 0 saturated heterocycles. The van der Waals surface area contributed by atoms with Gasteiger partial charge in [0, 0.05) is 11.6 Å². The van der Waals surface area contributed by atoms with E-state index in [4.69, 9.17) is 11.6 Å². The van der Waals surface area contributed by atoms with Gasteiger partial charge in [0.05, 0.1) is 0 Å². The number of carbonyl (C=O) groups excluding carboxylic acids is 2. The number of H-pyrrole nitrogens is 1. The van der Waals surface area contributed by atoms with Crippen LogP contribution in [0.4, 0.5) is 5.95 Å². The number of benzene rings is 1. The van der Waals surface area contributed by atoms with Crippen molar-refractivity contribution in [3.63, 3.8) is 0 Å². The Morgan fingerprint density at radius 3 is 2.58 bits per heavy atom. The lowest BCUT2D eigenvalue weighted by atomic mass is 10.2. The maximum absolute atomic E-state index is 11.5. The third-order valence-electron chi connectivity index (χ3n) is 2.22.